The van der Waals surface area contributed by atoms with Gasteiger partial charge >= 0.3 is 5.97 Å². The van der Waals surface area contributed by atoms with Crippen LogP contribution in [0, 0.1) is 0 Å². The first-order valence-corrected chi connectivity index (χ1v) is 7.82. The van der Waals surface area contributed by atoms with Crippen LogP contribution in [0.25, 0.3) is 10.6 Å². The fourth-order valence-electron chi connectivity index (χ4n) is 2.45. The molecule has 110 valence electrons. The maximum atomic E-state index is 11.4. The molecule has 5 nitrogen and oxygen atoms in total. The van der Waals surface area contributed by atoms with Crippen molar-refractivity contribution in [2.45, 2.75) is 18.8 Å². The Morgan fingerprint density at radius 3 is 2.62 bits per heavy atom. The fraction of sp³-hybridized carbons (Fsp3) is 0.400. The van der Waals surface area contributed by atoms with Gasteiger partial charge in [0.15, 0.2) is 0 Å². The van der Waals surface area contributed by atoms with Crippen LogP contribution in [0.4, 0.5) is 0 Å². The Morgan fingerprint density at radius 1 is 1.24 bits per heavy atom. The van der Waals surface area contributed by atoms with E-state index in [1.165, 1.54) is 7.11 Å². The molecule has 0 aliphatic carbocycles. The second-order valence-electron chi connectivity index (χ2n) is 5.04. The zero-order valence-electron chi connectivity index (χ0n) is 11.8. The lowest BCUT2D eigenvalue weighted by atomic mass is 9.99. The molecule has 1 aliphatic rings. The molecule has 0 saturated carbocycles. The number of carbonyl (C=O) groups is 1. The number of rotatable bonds is 3. The summed E-state index contributed by atoms with van der Waals surface area (Å²) < 4.78 is 4.70. The number of methoxy groups -OCH3 is 1. The van der Waals surface area contributed by atoms with Crippen LogP contribution in [0.1, 0.15) is 34.1 Å². The largest absolute Gasteiger partial charge is 0.465 e. The van der Waals surface area contributed by atoms with Crippen molar-refractivity contribution < 1.29 is 9.53 Å². The van der Waals surface area contributed by atoms with Gasteiger partial charge in [-0.15, -0.1) is 10.2 Å². The van der Waals surface area contributed by atoms with E-state index in [1.807, 2.05) is 12.1 Å². The molecule has 0 spiro atoms. The summed E-state index contributed by atoms with van der Waals surface area (Å²) in [7, 11) is 1.38. The van der Waals surface area contributed by atoms with Crippen LogP contribution >= 0.6 is 11.3 Å². The van der Waals surface area contributed by atoms with Crippen molar-refractivity contribution >= 4 is 17.3 Å². The fourth-order valence-corrected chi connectivity index (χ4v) is 3.47. The summed E-state index contributed by atoms with van der Waals surface area (Å²) in [6, 6.07) is 7.29. The normalized spacial score (nSPS) is 15.9. The molecule has 1 fully saturated rings. The Balaban J connectivity index is 1.77. The Labute approximate surface area is 127 Å². The standard InChI is InChI=1S/C15H17N3O2S/c1-20-15(19)12-4-2-10(3-5-12)13-17-18-14(21-13)11-6-8-16-9-7-11/h2-5,11,16H,6-9H2,1H3. The van der Waals surface area contributed by atoms with Crippen molar-refractivity contribution in [1.29, 1.82) is 0 Å². The molecule has 0 atom stereocenters. The van der Waals surface area contributed by atoms with E-state index in [1.54, 1.807) is 23.5 Å². The smallest absolute Gasteiger partial charge is 0.337 e. The predicted octanol–water partition coefficient (Wildman–Crippen LogP) is 2.46. The molecule has 0 bridgehead atoms. The summed E-state index contributed by atoms with van der Waals surface area (Å²) in [6.07, 6.45) is 2.24. The van der Waals surface area contributed by atoms with Crippen molar-refractivity contribution in [1.82, 2.24) is 15.5 Å². The number of hydrogen-bond donors (Lipinski definition) is 1. The first kappa shape index (κ1) is 14.2. The number of esters is 1. The minimum Gasteiger partial charge on any atom is -0.465 e. The SMILES string of the molecule is COC(=O)c1ccc(-c2nnc(C3CCNCC3)s2)cc1. The van der Waals surface area contributed by atoms with Gasteiger partial charge in [-0.25, -0.2) is 4.79 Å². The molecular formula is C15H17N3O2S. The van der Waals surface area contributed by atoms with Gasteiger partial charge in [0.2, 0.25) is 0 Å². The Morgan fingerprint density at radius 2 is 1.95 bits per heavy atom. The zero-order valence-corrected chi connectivity index (χ0v) is 12.7. The van der Waals surface area contributed by atoms with Crippen LogP contribution in [0.15, 0.2) is 24.3 Å². The molecule has 6 heteroatoms. The maximum absolute atomic E-state index is 11.4. The van der Waals surface area contributed by atoms with E-state index in [0.29, 0.717) is 11.5 Å². The summed E-state index contributed by atoms with van der Waals surface area (Å²) in [6.45, 7) is 2.10. The highest BCUT2D eigenvalue weighted by molar-refractivity contribution is 7.14. The minimum absolute atomic E-state index is 0.325. The number of hydrogen-bond acceptors (Lipinski definition) is 6. The van der Waals surface area contributed by atoms with E-state index in [0.717, 1.165) is 41.5 Å². The van der Waals surface area contributed by atoms with Crippen molar-refractivity contribution in [2.75, 3.05) is 20.2 Å². The molecule has 21 heavy (non-hydrogen) atoms. The lowest BCUT2D eigenvalue weighted by molar-refractivity contribution is 0.0601. The molecule has 3 rings (SSSR count). The number of carbonyl (C=O) groups excluding carboxylic acids is 1. The third-order valence-corrected chi connectivity index (χ3v) is 4.82. The number of ether oxygens (including phenoxy) is 1. The highest BCUT2D eigenvalue weighted by atomic mass is 32.1. The minimum atomic E-state index is -0.325. The van der Waals surface area contributed by atoms with Crippen LogP contribution in [0.3, 0.4) is 0 Å². The number of piperidine rings is 1. The van der Waals surface area contributed by atoms with Gasteiger partial charge in [-0.2, -0.15) is 0 Å². The molecule has 1 aromatic heterocycles. The monoisotopic (exact) mass is 303 g/mol. The van der Waals surface area contributed by atoms with Crippen molar-refractivity contribution in [3.8, 4) is 10.6 Å². The molecule has 0 amide bonds. The van der Waals surface area contributed by atoms with Gasteiger partial charge < -0.3 is 10.1 Å². The Bertz CT molecular complexity index is 618. The molecular weight excluding hydrogens is 286 g/mol. The Hall–Kier alpha value is -1.79. The van der Waals surface area contributed by atoms with E-state index in [9.17, 15) is 4.79 Å². The summed E-state index contributed by atoms with van der Waals surface area (Å²) >= 11 is 1.65. The summed E-state index contributed by atoms with van der Waals surface area (Å²) in [5.41, 5.74) is 1.53. The predicted molar refractivity (Wildman–Crippen MR) is 81.5 cm³/mol. The zero-order chi connectivity index (χ0) is 14.7. The first-order chi connectivity index (χ1) is 10.3. The molecule has 0 unspecified atom stereocenters. The van der Waals surface area contributed by atoms with E-state index in [4.69, 9.17) is 4.74 Å². The summed E-state index contributed by atoms with van der Waals surface area (Å²) in [4.78, 5) is 11.4. The topological polar surface area (TPSA) is 64.1 Å². The van der Waals surface area contributed by atoms with E-state index < -0.39 is 0 Å². The number of nitrogens with zero attached hydrogens (tertiary/aromatic N) is 2. The lowest BCUT2D eigenvalue weighted by Crippen LogP contribution is -2.26. The maximum Gasteiger partial charge on any atom is 0.337 e. The van der Waals surface area contributed by atoms with Crippen LogP contribution in [0.5, 0.6) is 0 Å². The highest BCUT2D eigenvalue weighted by Gasteiger charge is 2.19. The van der Waals surface area contributed by atoms with Gasteiger partial charge in [-0.05, 0) is 38.1 Å². The van der Waals surface area contributed by atoms with Crippen LogP contribution in [0.2, 0.25) is 0 Å². The molecule has 0 radical (unpaired) electrons. The molecule has 1 aromatic carbocycles. The lowest BCUT2D eigenvalue weighted by Gasteiger charge is -2.19. The average molecular weight is 303 g/mol. The average Bonchev–Trinajstić information content (AvgIpc) is 3.05. The van der Waals surface area contributed by atoms with E-state index >= 15 is 0 Å². The second kappa shape index (κ2) is 6.32. The Kier molecular flexibility index (Phi) is 4.26. The number of benzene rings is 1. The van der Waals surface area contributed by atoms with Crippen molar-refractivity contribution in [3.63, 3.8) is 0 Å². The van der Waals surface area contributed by atoms with Gasteiger partial charge in [0, 0.05) is 11.5 Å². The quantitative estimate of drug-likeness (QED) is 0.882. The first-order valence-electron chi connectivity index (χ1n) is 7.01. The van der Waals surface area contributed by atoms with Gasteiger partial charge in [0.1, 0.15) is 10.0 Å². The molecule has 2 aromatic rings. The van der Waals surface area contributed by atoms with Crippen LogP contribution in [-0.2, 0) is 4.74 Å². The van der Waals surface area contributed by atoms with Crippen LogP contribution < -0.4 is 5.32 Å². The molecule has 1 saturated heterocycles. The third-order valence-electron chi connectivity index (χ3n) is 3.68. The number of nitrogens with one attached hydrogen (secondary N) is 1. The van der Waals surface area contributed by atoms with Crippen molar-refractivity contribution in [2.24, 2.45) is 0 Å². The second-order valence-corrected chi connectivity index (χ2v) is 6.05. The highest BCUT2D eigenvalue weighted by Crippen LogP contribution is 2.31. The molecule has 1 N–H and O–H groups in total. The van der Waals surface area contributed by atoms with Gasteiger partial charge in [0.25, 0.3) is 0 Å². The number of aromatic nitrogens is 2. The summed E-state index contributed by atoms with van der Waals surface area (Å²) in [5.74, 6) is 0.195. The van der Waals surface area contributed by atoms with Gasteiger partial charge in [0.05, 0.1) is 12.7 Å². The van der Waals surface area contributed by atoms with E-state index in [2.05, 4.69) is 15.5 Å². The van der Waals surface area contributed by atoms with Crippen LogP contribution in [-0.4, -0.2) is 36.4 Å². The van der Waals surface area contributed by atoms with Crippen molar-refractivity contribution in [3.05, 3.63) is 34.8 Å². The summed E-state index contributed by atoms with van der Waals surface area (Å²) in [5, 5.41) is 14.0. The molecule has 1 aliphatic heterocycles. The van der Waals surface area contributed by atoms with E-state index in [-0.39, 0.29) is 5.97 Å². The third kappa shape index (κ3) is 3.11. The molecule has 2 heterocycles. The van der Waals surface area contributed by atoms with Gasteiger partial charge in [-0.1, -0.05) is 23.5 Å². The van der Waals surface area contributed by atoms with Gasteiger partial charge in [-0.3, -0.25) is 0 Å².